The van der Waals surface area contributed by atoms with Crippen molar-refractivity contribution in [2.24, 2.45) is 0 Å². The topological polar surface area (TPSA) is 81.9 Å². The molecule has 2 aromatic rings. The Hall–Kier alpha value is -2.67. The van der Waals surface area contributed by atoms with Gasteiger partial charge in [0.25, 0.3) is 5.91 Å². The van der Waals surface area contributed by atoms with Gasteiger partial charge in [-0.05, 0) is 18.6 Å². The number of ether oxygens (including phenoxy) is 2. The van der Waals surface area contributed by atoms with E-state index in [1.165, 1.54) is 13.4 Å². The normalized spacial score (nSPS) is 10.4. The van der Waals surface area contributed by atoms with Crippen LogP contribution in [0, 0.1) is 0 Å². The first-order chi connectivity index (χ1) is 11.7. The van der Waals surface area contributed by atoms with E-state index in [0.29, 0.717) is 25.1 Å². The molecule has 7 heteroatoms. The van der Waals surface area contributed by atoms with Crippen LogP contribution in [0.4, 0.5) is 0 Å². The molecule has 1 amide bonds. The van der Waals surface area contributed by atoms with Crippen LogP contribution in [0.5, 0.6) is 0 Å². The highest BCUT2D eigenvalue weighted by Gasteiger charge is 2.19. The van der Waals surface area contributed by atoms with Crippen LogP contribution >= 0.6 is 0 Å². The summed E-state index contributed by atoms with van der Waals surface area (Å²) < 4.78 is 14.9. The smallest absolute Gasteiger partial charge is 0.360 e. The highest BCUT2D eigenvalue weighted by Crippen LogP contribution is 2.11. The molecule has 1 heterocycles. The molecule has 0 saturated heterocycles. The molecule has 0 saturated carbocycles. The predicted molar refractivity (Wildman–Crippen MR) is 85.5 cm³/mol. The maximum absolute atomic E-state index is 12.7. The third kappa shape index (κ3) is 4.66. The molecule has 24 heavy (non-hydrogen) atoms. The molecule has 0 aliphatic heterocycles. The first-order valence-corrected chi connectivity index (χ1v) is 7.51. The van der Waals surface area contributed by atoms with E-state index in [4.69, 9.17) is 9.15 Å². The molecule has 0 unspecified atom stereocenters. The van der Waals surface area contributed by atoms with Gasteiger partial charge in [0.15, 0.2) is 5.69 Å². The van der Waals surface area contributed by atoms with Crippen molar-refractivity contribution >= 4 is 11.9 Å². The molecule has 0 bridgehead atoms. The number of rotatable bonds is 8. The van der Waals surface area contributed by atoms with Crippen molar-refractivity contribution in [1.82, 2.24) is 9.88 Å². The summed E-state index contributed by atoms with van der Waals surface area (Å²) in [5.41, 5.74) is 0.658. The Morgan fingerprint density at radius 3 is 2.62 bits per heavy atom. The van der Waals surface area contributed by atoms with Crippen LogP contribution < -0.4 is 0 Å². The van der Waals surface area contributed by atoms with E-state index in [9.17, 15) is 9.59 Å². The number of methoxy groups -OCH3 is 2. The molecule has 0 aliphatic rings. The van der Waals surface area contributed by atoms with Crippen LogP contribution in [0.25, 0.3) is 0 Å². The molecular weight excluding hydrogens is 312 g/mol. The van der Waals surface area contributed by atoms with Gasteiger partial charge in [-0.1, -0.05) is 18.2 Å². The molecule has 1 aromatic heterocycles. The quantitative estimate of drug-likeness (QED) is 0.544. The fourth-order valence-corrected chi connectivity index (χ4v) is 2.16. The monoisotopic (exact) mass is 332 g/mol. The number of amides is 1. The summed E-state index contributed by atoms with van der Waals surface area (Å²) in [5, 5.41) is 0. The second kappa shape index (κ2) is 8.83. The summed E-state index contributed by atoms with van der Waals surface area (Å²) in [6.07, 6.45) is 1.90. The second-order valence-corrected chi connectivity index (χ2v) is 5.06. The highest BCUT2D eigenvalue weighted by atomic mass is 16.5. The first-order valence-electron chi connectivity index (χ1n) is 7.51. The summed E-state index contributed by atoms with van der Waals surface area (Å²) in [5.74, 6) is -0.438. The minimum atomic E-state index is -0.578. The first kappa shape index (κ1) is 17.7. The van der Waals surface area contributed by atoms with E-state index in [1.807, 2.05) is 6.07 Å². The Bertz CT molecular complexity index is 669. The number of aromatic nitrogens is 1. The van der Waals surface area contributed by atoms with Crippen LogP contribution in [0.1, 0.15) is 33.2 Å². The number of esters is 1. The molecule has 0 aliphatic carbocycles. The highest BCUT2D eigenvalue weighted by molar-refractivity contribution is 5.94. The summed E-state index contributed by atoms with van der Waals surface area (Å²) in [6, 6.07) is 8.97. The van der Waals surface area contributed by atoms with Crippen LogP contribution in [-0.2, 0) is 16.0 Å². The van der Waals surface area contributed by atoms with Crippen molar-refractivity contribution in [3.05, 3.63) is 53.7 Å². The fraction of sp³-hybridized carbons (Fsp3) is 0.353. The third-order valence-corrected chi connectivity index (χ3v) is 3.36. The minimum absolute atomic E-state index is 0.0801. The lowest BCUT2D eigenvalue weighted by Gasteiger charge is -2.21. The van der Waals surface area contributed by atoms with Gasteiger partial charge in [-0.2, -0.15) is 0 Å². The van der Waals surface area contributed by atoms with Gasteiger partial charge in [0.2, 0.25) is 5.89 Å². The number of hydrogen-bond donors (Lipinski definition) is 0. The molecule has 0 spiro atoms. The second-order valence-electron chi connectivity index (χ2n) is 5.06. The number of carbonyl (C=O) groups is 2. The van der Waals surface area contributed by atoms with E-state index in [0.717, 1.165) is 0 Å². The van der Waals surface area contributed by atoms with E-state index in [-0.39, 0.29) is 24.0 Å². The van der Waals surface area contributed by atoms with E-state index < -0.39 is 5.97 Å². The number of oxazole rings is 1. The molecule has 0 N–H and O–H groups in total. The minimum Gasteiger partial charge on any atom is -0.464 e. The Morgan fingerprint density at radius 1 is 1.21 bits per heavy atom. The Labute approximate surface area is 140 Å². The standard InChI is InChI=1S/C17H20N2O5/c1-22-10-6-9-19(16(20)13-7-4-3-5-8-13)11-15-18-14(12-24-15)17(21)23-2/h3-5,7-8,12H,6,9-11H2,1-2H3. The molecule has 2 rings (SSSR count). The van der Waals surface area contributed by atoms with Gasteiger partial charge in [-0.3, -0.25) is 4.79 Å². The molecular formula is C17H20N2O5. The fourth-order valence-electron chi connectivity index (χ4n) is 2.16. The summed E-state index contributed by atoms with van der Waals surface area (Å²) in [7, 11) is 2.88. The number of benzene rings is 1. The van der Waals surface area contributed by atoms with Gasteiger partial charge in [-0.15, -0.1) is 0 Å². The Balaban J connectivity index is 2.12. The lowest BCUT2D eigenvalue weighted by atomic mass is 10.2. The van der Waals surface area contributed by atoms with Crippen LogP contribution in [0.15, 0.2) is 41.0 Å². The zero-order valence-corrected chi connectivity index (χ0v) is 13.7. The lowest BCUT2D eigenvalue weighted by molar-refractivity contribution is 0.0594. The van der Waals surface area contributed by atoms with Gasteiger partial charge in [-0.25, -0.2) is 9.78 Å². The number of nitrogens with zero attached hydrogens (tertiary/aromatic N) is 2. The van der Waals surface area contributed by atoms with Crippen molar-refractivity contribution in [2.75, 3.05) is 27.4 Å². The van der Waals surface area contributed by atoms with Gasteiger partial charge >= 0.3 is 5.97 Å². The Morgan fingerprint density at radius 2 is 1.96 bits per heavy atom. The molecule has 128 valence electrons. The molecule has 0 fully saturated rings. The maximum Gasteiger partial charge on any atom is 0.360 e. The SMILES string of the molecule is COCCCN(Cc1nc(C(=O)OC)co1)C(=O)c1ccccc1. The van der Waals surface area contributed by atoms with Crippen molar-refractivity contribution in [1.29, 1.82) is 0 Å². The van der Waals surface area contributed by atoms with Gasteiger partial charge in [0.05, 0.1) is 13.7 Å². The summed E-state index contributed by atoms with van der Waals surface area (Å²) in [4.78, 5) is 29.8. The zero-order valence-electron chi connectivity index (χ0n) is 13.7. The summed E-state index contributed by atoms with van der Waals surface area (Å²) in [6.45, 7) is 1.18. The third-order valence-electron chi connectivity index (χ3n) is 3.36. The van der Waals surface area contributed by atoms with Gasteiger partial charge in [0.1, 0.15) is 6.26 Å². The number of carbonyl (C=O) groups excluding carboxylic acids is 2. The number of hydrogen-bond acceptors (Lipinski definition) is 6. The predicted octanol–water partition coefficient (Wildman–Crippen LogP) is 2.14. The van der Waals surface area contributed by atoms with E-state index in [1.54, 1.807) is 36.3 Å². The van der Waals surface area contributed by atoms with Crippen LogP contribution in [-0.4, -0.2) is 49.1 Å². The molecule has 7 nitrogen and oxygen atoms in total. The molecule has 1 aromatic carbocycles. The van der Waals surface area contributed by atoms with Gasteiger partial charge < -0.3 is 18.8 Å². The maximum atomic E-state index is 12.7. The van der Waals surface area contributed by atoms with E-state index in [2.05, 4.69) is 9.72 Å². The van der Waals surface area contributed by atoms with Crippen molar-refractivity contribution in [2.45, 2.75) is 13.0 Å². The van der Waals surface area contributed by atoms with Gasteiger partial charge in [0, 0.05) is 25.8 Å². The average molecular weight is 332 g/mol. The Kier molecular flexibility index (Phi) is 6.51. The van der Waals surface area contributed by atoms with E-state index >= 15 is 0 Å². The molecule has 0 radical (unpaired) electrons. The lowest BCUT2D eigenvalue weighted by Crippen LogP contribution is -2.32. The van der Waals surface area contributed by atoms with Crippen LogP contribution in [0.2, 0.25) is 0 Å². The van der Waals surface area contributed by atoms with Crippen LogP contribution in [0.3, 0.4) is 0 Å². The average Bonchev–Trinajstić information content (AvgIpc) is 3.09. The van der Waals surface area contributed by atoms with Crippen molar-refractivity contribution in [3.63, 3.8) is 0 Å². The van der Waals surface area contributed by atoms with Crippen molar-refractivity contribution in [3.8, 4) is 0 Å². The summed E-state index contributed by atoms with van der Waals surface area (Å²) >= 11 is 0. The van der Waals surface area contributed by atoms with Crippen molar-refractivity contribution < 1.29 is 23.5 Å². The molecule has 0 atom stereocenters. The largest absolute Gasteiger partial charge is 0.464 e. The zero-order chi connectivity index (χ0) is 17.4.